The van der Waals surface area contributed by atoms with Crippen molar-refractivity contribution < 1.29 is 9.53 Å². The molecule has 110 valence electrons. The Hall–Kier alpha value is -2.12. The zero-order valence-corrected chi connectivity index (χ0v) is 12.2. The van der Waals surface area contributed by atoms with Gasteiger partial charge in [-0.3, -0.25) is 4.79 Å². The van der Waals surface area contributed by atoms with Gasteiger partial charge >= 0.3 is 0 Å². The van der Waals surface area contributed by atoms with Crippen LogP contribution in [0.4, 0.5) is 10.8 Å². The summed E-state index contributed by atoms with van der Waals surface area (Å²) in [6.45, 7) is 3.16. The average molecular weight is 304 g/mol. The summed E-state index contributed by atoms with van der Waals surface area (Å²) in [7, 11) is 0. The van der Waals surface area contributed by atoms with Gasteiger partial charge in [0.1, 0.15) is 5.82 Å². The molecule has 0 radical (unpaired) electrons. The molecule has 0 aliphatic carbocycles. The molecule has 0 unspecified atom stereocenters. The van der Waals surface area contributed by atoms with Crippen molar-refractivity contribution in [2.45, 2.75) is 0 Å². The highest BCUT2D eigenvalue weighted by Crippen LogP contribution is 2.33. The number of carbonyl (C=O) groups excluding carboxylic acids is 1. The number of carbonyl (C=O) groups is 1. The van der Waals surface area contributed by atoms with E-state index in [0.717, 1.165) is 42.6 Å². The summed E-state index contributed by atoms with van der Waals surface area (Å²) in [5, 5.41) is 0.440. The third-order valence-corrected chi connectivity index (χ3v) is 4.41. The van der Waals surface area contributed by atoms with Gasteiger partial charge in [-0.15, -0.1) is 11.3 Å². The van der Waals surface area contributed by atoms with Crippen LogP contribution in [0.15, 0.2) is 24.4 Å². The number of thiophene rings is 1. The van der Waals surface area contributed by atoms with E-state index in [2.05, 4.69) is 9.88 Å². The number of nitrogens with zero attached hydrogens (tertiary/aromatic N) is 2. The van der Waals surface area contributed by atoms with E-state index in [0.29, 0.717) is 10.6 Å². The predicted molar refractivity (Wildman–Crippen MR) is 83.5 cm³/mol. The number of nitrogens with two attached hydrogens (primary N) is 2. The normalized spacial score (nSPS) is 15.1. The molecule has 4 N–H and O–H groups in total. The van der Waals surface area contributed by atoms with Crippen LogP contribution in [-0.4, -0.2) is 37.2 Å². The molecular weight excluding hydrogens is 288 g/mol. The number of aromatic nitrogens is 1. The summed E-state index contributed by atoms with van der Waals surface area (Å²) in [5.41, 5.74) is 12.4. The first-order valence-corrected chi connectivity index (χ1v) is 7.45. The molecule has 0 bridgehead atoms. The number of primary amides is 1. The van der Waals surface area contributed by atoms with Gasteiger partial charge in [-0.2, -0.15) is 0 Å². The Bertz CT molecular complexity index is 647. The fourth-order valence-corrected chi connectivity index (χ4v) is 3.17. The number of ether oxygens (including phenoxy) is 1. The van der Waals surface area contributed by atoms with E-state index >= 15 is 0 Å². The topological polar surface area (TPSA) is 94.5 Å². The van der Waals surface area contributed by atoms with Gasteiger partial charge in [-0.25, -0.2) is 4.98 Å². The molecule has 1 amide bonds. The number of pyridine rings is 1. The van der Waals surface area contributed by atoms with Crippen LogP contribution in [-0.2, 0) is 4.74 Å². The number of nitrogen functional groups attached to an aromatic ring is 1. The second-order valence-corrected chi connectivity index (χ2v) is 5.84. The number of hydrogen-bond donors (Lipinski definition) is 2. The summed E-state index contributed by atoms with van der Waals surface area (Å²) in [6, 6.07) is 5.67. The molecule has 0 spiro atoms. The van der Waals surface area contributed by atoms with Crippen molar-refractivity contribution in [2.24, 2.45) is 5.73 Å². The van der Waals surface area contributed by atoms with Crippen molar-refractivity contribution in [3.05, 3.63) is 30.0 Å². The molecule has 1 aliphatic rings. The van der Waals surface area contributed by atoms with E-state index in [4.69, 9.17) is 16.2 Å². The molecule has 0 atom stereocenters. The lowest BCUT2D eigenvalue weighted by Crippen LogP contribution is -2.36. The lowest BCUT2D eigenvalue weighted by atomic mass is 10.2. The van der Waals surface area contributed by atoms with Crippen LogP contribution in [0.5, 0.6) is 0 Å². The number of rotatable bonds is 3. The van der Waals surface area contributed by atoms with Gasteiger partial charge in [0.15, 0.2) is 0 Å². The van der Waals surface area contributed by atoms with Gasteiger partial charge in [0.2, 0.25) is 0 Å². The van der Waals surface area contributed by atoms with E-state index in [9.17, 15) is 4.79 Å². The van der Waals surface area contributed by atoms with Crippen molar-refractivity contribution in [1.29, 1.82) is 0 Å². The number of amides is 1. The summed E-state index contributed by atoms with van der Waals surface area (Å²) in [5.74, 6) is 0.426. The first-order valence-electron chi connectivity index (χ1n) is 6.63. The van der Waals surface area contributed by atoms with Gasteiger partial charge in [0, 0.05) is 29.7 Å². The fraction of sp³-hybridized carbons (Fsp3) is 0.286. The zero-order valence-electron chi connectivity index (χ0n) is 11.4. The molecule has 3 rings (SSSR count). The lowest BCUT2D eigenvalue weighted by molar-refractivity contribution is 0.100. The SMILES string of the molecule is NC(=O)c1cc(-c2ccc(N3CCOCC3)nc2)sc1N. The first kappa shape index (κ1) is 13.8. The second kappa shape index (κ2) is 5.71. The minimum Gasteiger partial charge on any atom is -0.390 e. The minimum absolute atomic E-state index is 0.368. The highest BCUT2D eigenvalue weighted by atomic mass is 32.1. The van der Waals surface area contributed by atoms with Crippen molar-refractivity contribution in [1.82, 2.24) is 4.98 Å². The van der Waals surface area contributed by atoms with Gasteiger partial charge in [-0.05, 0) is 18.2 Å². The van der Waals surface area contributed by atoms with Crippen molar-refractivity contribution in [3.63, 3.8) is 0 Å². The van der Waals surface area contributed by atoms with Crippen LogP contribution in [0.2, 0.25) is 0 Å². The van der Waals surface area contributed by atoms with Gasteiger partial charge in [0.05, 0.1) is 23.8 Å². The standard InChI is InChI=1S/C14H16N4O2S/c15-13(19)10-7-11(21-14(10)16)9-1-2-12(17-8-9)18-3-5-20-6-4-18/h1-2,7-8H,3-6,16H2,(H2,15,19). The molecule has 7 heteroatoms. The Morgan fingerprint density at radius 2 is 2.10 bits per heavy atom. The largest absolute Gasteiger partial charge is 0.390 e. The molecule has 0 saturated carbocycles. The lowest BCUT2D eigenvalue weighted by Gasteiger charge is -2.27. The number of hydrogen-bond acceptors (Lipinski definition) is 6. The quantitative estimate of drug-likeness (QED) is 0.892. The third-order valence-electron chi connectivity index (χ3n) is 3.39. The highest BCUT2D eigenvalue weighted by molar-refractivity contribution is 7.19. The molecule has 2 aromatic rings. The summed E-state index contributed by atoms with van der Waals surface area (Å²) < 4.78 is 5.33. The molecule has 1 fully saturated rings. The Labute approximate surface area is 126 Å². The molecule has 3 heterocycles. The van der Waals surface area contributed by atoms with E-state index in [1.54, 1.807) is 12.3 Å². The van der Waals surface area contributed by atoms with Crippen molar-refractivity contribution in [2.75, 3.05) is 36.9 Å². The minimum atomic E-state index is -0.507. The highest BCUT2D eigenvalue weighted by Gasteiger charge is 2.14. The monoisotopic (exact) mass is 304 g/mol. The van der Waals surface area contributed by atoms with Crippen LogP contribution < -0.4 is 16.4 Å². The van der Waals surface area contributed by atoms with Crippen LogP contribution in [0.3, 0.4) is 0 Å². The molecule has 2 aromatic heterocycles. The Morgan fingerprint density at radius 1 is 1.33 bits per heavy atom. The second-order valence-electron chi connectivity index (χ2n) is 4.76. The van der Waals surface area contributed by atoms with Gasteiger partial charge in [-0.1, -0.05) is 0 Å². The van der Waals surface area contributed by atoms with Crippen LogP contribution in [0, 0.1) is 0 Å². The fourth-order valence-electron chi connectivity index (χ4n) is 2.25. The first-order chi connectivity index (χ1) is 10.1. The van der Waals surface area contributed by atoms with E-state index in [1.165, 1.54) is 11.3 Å². The van der Waals surface area contributed by atoms with Crippen LogP contribution >= 0.6 is 11.3 Å². The van der Waals surface area contributed by atoms with Crippen molar-refractivity contribution >= 4 is 28.1 Å². The van der Waals surface area contributed by atoms with Crippen molar-refractivity contribution in [3.8, 4) is 10.4 Å². The maximum Gasteiger partial charge on any atom is 0.251 e. The summed E-state index contributed by atoms with van der Waals surface area (Å²) in [4.78, 5) is 18.8. The number of morpholine rings is 1. The molecule has 1 saturated heterocycles. The van der Waals surface area contributed by atoms with E-state index in [-0.39, 0.29) is 0 Å². The molecule has 21 heavy (non-hydrogen) atoms. The number of anilines is 2. The Morgan fingerprint density at radius 3 is 2.67 bits per heavy atom. The van der Waals surface area contributed by atoms with E-state index < -0.39 is 5.91 Å². The van der Waals surface area contributed by atoms with Crippen LogP contribution in [0.1, 0.15) is 10.4 Å². The van der Waals surface area contributed by atoms with Gasteiger partial charge < -0.3 is 21.1 Å². The molecule has 1 aliphatic heterocycles. The predicted octanol–water partition coefficient (Wildman–Crippen LogP) is 1.33. The summed E-state index contributed by atoms with van der Waals surface area (Å²) in [6.07, 6.45) is 1.79. The Kier molecular flexibility index (Phi) is 3.76. The molecule has 6 nitrogen and oxygen atoms in total. The average Bonchev–Trinajstić information content (AvgIpc) is 2.90. The summed E-state index contributed by atoms with van der Waals surface area (Å²) >= 11 is 1.34. The molecular formula is C14H16N4O2S. The third kappa shape index (κ3) is 2.84. The molecule has 0 aromatic carbocycles. The smallest absolute Gasteiger partial charge is 0.251 e. The Balaban J connectivity index is 1.83. The maximum atomic E-state index is 11.2. The van der Waals surface area contributed by atoms with Crippen LogP contribution in [0.25, 0.3) is 10.4 Å². The zero-order chi connectivity index (χ0) is 14.8. The maximum absolute atomic E-state index is 11.2. The van der Waals surface area contributed by atoms with E-state index in [1.807, 2.05) is 12.1 Å². The van der Waals surface area contributed by atoms with Gasteiger partial charge in [0.25, 0.3) is 5.91 Å².